The summed E-state index contributed by atoms with van der Waals surface area (Å²) in [5.41, 5.74) is 1.41. The molecular weight excluding hydrogens is 421 g/mol. The molecule has 0 fully saturated rings. The van der Waals surface area contributed by atoms with E-state index in [4.69, 9.17) is 0 Å². The van der Waals surface area contributed by atoms with Gasteiger partial charge in [0, 0.05) is 38.8 Å². The van der Waals surface area contributed by atoms with Crippen molar-refractivity contribution in [1.29, 1.82) is 0 Å². The fraction of sp³-hybridized carbons (Fsp3) is 0.350. The second kappa shape index (κ2) is 8.65. The zero-order chi connectivity index (χ0) is 22.9. The van der Waals surface area contributed by atoms with Crippen LogP contribution in [0.4, 0.5) is 13.2 Å². The van der Waals surface area contributed by atoms with E-state index in [1.807, 2.05) is 0 Å². The number of aryl methyl sites for hydroxylation is 1. The lowest BCUT2D eigenvalue weighted by Gasteiger charge is -2.21. The van der Waals surface area contributed by atoms with E-state index in [0.717, 1.165) is 4.31 Å². The molecule has 164 valence electrons. The average Bonchev–Trinajstić information content (AvgIpc) is 2.63. The number of alkyl halides is 3. The Kier molecular flexibility index (Phi) is 6.83. The van der Waals surface area contributed by atoms with Crippen LogP contribution < -0.4 is 4.74 Å². The molecular formula is C20H23F3N2O4S. The van der Waals surface area contributed by atoms with Gasteiger partial charge in [-0.2, -0.15) is 0 Å². The highest BCUT2D eigenvalue weighted by molar-refractivity contribution is 7.89. The summed E-state index contributed by atoms with van der Waals surface area (Å²) in [5.74, 6) is -0.935. The molecule has 0 unspecified atom stereocenters. The van der Waals surface area contributed by atoms with Gasteiger partial charge in [-0.1, -0.05) is 18.2 Å². The lowest BCUT2D eigenvalue weighted by molar-refractivity contribution is -0.275. The van der Waals surface area contributed by atoms with E-state index < -0.39 is 28.0 Å². The van der Waals surface area contributed by atoms with Crippen LogP contribution in [-0.4, -0.2) is 51.0 Å². The highest BCUT2D eigenvalue weighted by Gasteiger charge is 2.32. The Bertz CT molecular complexity index is 1050. The molecule has 0 aliphatic heterocycles. The second-order valence-electron chi connectivity index (χ2n) is 7.02. The van der Waals surface area contributed by atoms with Gasteiger partial charge in [0.15, 0.2) is 0 Å². The molecule has 0 saturated carbocycles. The predicted molar refractivity (Wildman–Crippen MR) is 106 cm³/mol. The maximum absolute atomic E-state index is 12.9. The molecule has 0 atom stereocenters. The molecule has 0 aliphatic carbocycles. The van der Waals surface area contributed by atoms with E-state index in [1.54, 1.807) is 19.9 Å². The molecule has 0 aliphatic rings. The number of carbonyl (C=O) groups excluding carboxylic acids is 1. The SMILES string of the molecule is Cc1cc(C(=O)N(C)Cc2ccccc2OC(F)(F)F)cc(S(=O)(=O)N(C)C)c1C. The van der Waals surface area contributed by atoms with E-state index in [1.165, 1.54) is 56.4 Å². The first-order valence-electron chi connectivity index (χ1n) is 8.87. The molecule has 0 radical (unpaired) electrons. The minimum Gasteiger partial charge on any atom is -0.405 e. The summed E-state index contributed by atoms with van der Waals surface area (Å²) in [4.78, 5) is 14.1. The zero-order valence-corrected chi connectivity index (χ0v) is 18.1. The zero-order valence-electron chi connectivity index (χ0n) is 17.2. The van der Waals surface area contributed by atoms with E-state index in [-0.39, 0.29) is 22.6 Å². The molecule has 0 spiro atoms. The Morgan fingerprint density at radius 3 is 2.23 bits per heavy atom. The third-order valence-electron chi connectivity index (χ3n) is 4.58. The Morgan fingerprint density at radius 2 is 1.67 bits per heavy atom. The maximum Gasteiger partial charge on any atom is 0.573 e. The van der Waals surface area contributed by atoms with Gasteiger partial charge < -0.3 is 9.64 Å². The number of benzene rings is 2. The van der Waals surface area contributed by atoms with E-state index in [0.29, 0.717) is 11.1 Å². The number of carbonyl (C=O) groups is 1. The summed E-state index contributed by atoms with van der Waals surface area (Å²) in [6.45, 7) is 3.18. The molecule has 2 aromatic carbocycles. The minimum absolute atomic E-state index is 0.00468. The van der Waals surface area contributed by atoms with Gasteiger partial charge in [0.1, 0.15) is 5.75 Å². The van der Waals surface area contributed by atoms with Gasteiger partial charge >= 0.3 is 6.36 Å². The largest absolute Gasteiger partial charge is 0.573 e. The van der Waals surface area contributed by atoms with Gasteiger partial charge in [-0.15, -0.1) is 13.2 Å². The lowest BCUT2D eigenvalue weighted by atomic mass is 10.0. The highest BCUT2D eigenvalue weighted by Crippen LogP contribution is 2.28. The Labute approximate surface area is 173 Å². The summed E-state index contributed by atoms with van der Waals surface area (Å²) in [6, 6.07) is 8.37. The highest BCUT2D eigenvalue weighted by atomic mass is 32.2. The Morgan fingerprint density at radius 1 is 1.07 bits per heavy atom. The quantitative estimate of drug-likeness (QED) is 0.681. The van der Waals surface area contributed by atoms with Crippen molar-refractivity contribution in [2.24, 2.45) is 0 Å². The van der Waals surface area contributed by atoms with Gasteiger partial charge in [0.05, 0.1) is 4.90 Å². The van der Waals surface area contributed by atoms with Crippen LogP contribution in [0.3, 0.4) is 0 Å². The van der Waals surface area contributed by atoms with Crippen molar-refractivity contribution in [2.45, 2.75) is 31.7 Å². The summed E-state index contributed by atoms with van der Waals surface area (Å²) >= 11 is 0. The molecule has 30 heavy (non-hydrogen) atoms. The summed E-state index contributed by atoms with van der Waals surface area (Å²) in [5, 5.41) is 0. The van der Waals surface area contributed by atoms with Crippen LogP contribution in [0.2, 0.25) is 0 Å². The molecule has 0 aromatic heterocycles. The first kappa shape index (κ1) is 23.7. The average molecular weight is 444 g/mol. The number of halogens is 3. The Balaban J connectivity index is 2.38. The van der Waals surface area contributed by atoms with E-state index >= 15 is 0 Å². The van der Waals surface area contributed by atoms with Crippen molar-refractivity contribution in [1.82, 2.24) is 9.21 Å². The molecule has 2 rings (SSSR count). The predicted octanol–water partition coefficient (Wildman–Crippen LogP) is 3.72. The summed E-state index contributed by atoms with van der Waals surface area (Å²) < 4.78 is 68.1. The van der Waals surface area contributed by atoms with Crippen molar-refractivity contribution in [3.05, 3.63) is 58.7 Å². The van der Waals surface area contributed by atoms with Crippen molar-refractivity contribution in [2.75, 3.05) is 21.1 Å². The van der Waals surface area contributed by atoms with Gasteiger partial charge in [0.25, 0.3) is 5.91 Å². The van der Waals surface area contributed by atoms with Crippen molar-refractivity contribution < 1.29 is 31.1 Å². The summed E-state index contributed by atoms with van der Waals surface area (Å²) in [6.07, 6.45) is -4.86. The van der Waals surface area contributed by atoms with Gasteiger partial charge in [-0.3, -0.25) is 4.79 Å². The van der Waals surface area contributed by atoms with Gasteiger partial charge in [-0.05, 0) is 43.2 Å². The van der Waals surface area contributed by atoms with E-state index in [9.17, 15) is 26.4 Å². The second-order valence-corrected chi connectivity index (χ2v) is 9.14. The third kappa shape index (κ3) is 5.31. The molecule has 1 amide bonds. The molecule has 6 nitrogen and oxygen atoms in total. The van der Waals surface area contributed by atoms with E-state index in [2.05, 4.69) is 4.74 Å². The lowest BCUT2D eigenvalue weighted by Crippen LogP contribution is -2.28. The Hall–Kier alpha value is -2.59. The van der Waals surface area contributed by atoms with Crippen molar-refractivity contribution >= 4 is 15.9 Å². The number of hydrogen-bond donors (Lipinski definition) is 0. The first-order valence-corrected chi connectivity index (χ1v) is 10.3. The smallest absolute Gasteiger partial charge is 0.405 e. The monoisotopic (exact) mass is 444 g/mol. The van der Waals surface area contributed by atoms with Crippen LogP contribution in [0, 0.1) is 13.8 Å². The number of para-hydroxylation sites is 1. The molecule has 0 bridgehead atoms. The number of ether oxygens (including phenoxy) is 1. The van der Waals surface area contributed by atoms with Crippen molar-refractivity contribution in [3.63, 3.8) is 0 Å². The topological polar surface area (TPSA) is 66.9 Å². The van der Waals surface area contributed by atoms with Crippen LogP contribution in [-0.2, 0) is 16.6 Å². The van der Waals surface area contributed by atoms with Crippen molar-refractivity contribution in [3.8, 4) is 5.75 Å². The van der Waals surface area contributed by atoms with Crippen LogP contribution >= 0.6 is 0 Å². The van der Waals surface area contributed by atoms with Crippen LogP contribution in [0.5, 0.6) is 5.75 Å². The fourth-order valence-electron chi connectivity index (χ4n) is 2.82. The molecule has 10 heteroatoms. The van der Waals surface area contributed by atoms with Crippen LogP contribution in [0.25, 0.3) is 0 Å². The standard InChI is InChI=1S/C20H23F3N2O4S/c1-13-10-16(11-18(14(13)2)30(27,28)24(3)4)19(26)25(5)12-15-8-6-7-9-17(15)29-20(21,22)23/h6-11H,12H2,1-5H3. The van der Waals surface area contributed by atoms with Gasteiger partial charge in [0.2, 0.25) is 10.0 Å². The number of nitrogens with zero attached hydrogens (tertiary/aromatic N) is 2. The first-order chi connectivity index (χ1) is 13.7. The van der Waals surface area contributed by atoms with Gasteiger partial charge in [-0.25, -0.2) is 12.7 Å². The molecule has 0 N–H and O–H groups in total. The van der Waals surface area contributed by atoms with Crippen LogP contribution in [0.1, 0.15) is 27.0 Å². The fourth-order valence-corrected chi connectivity index (χ4v) is 4.04. The number of hydrogen-bond acceptors (Lipinski definition) is 4. The maximum atomic E-state index is 12.9. The van der Waals surface area contributed by atoms with Crippen LogP contribution in [0.15, 0.2) is 41.3 Å². The molecule has 2 aromatic rings. The number of amides is 1. The third-order valence-corrected chi connectivity index (χ3v) is 6.52. The normalized spacial score (nSPS) is 12.2. The number of rotatable bonds is 6. The molecule has 0 heterocycles. The number of sulfonamides is 1. The summed E-state index contributed by atoms with van der Waals surface area (Å²) in [7, 11) is 0.421. The molecule has 0 saturated heterocycles. The minimum atomic E-state index is -4.86.